The van der Waals surface area contributed by atoms with E-state index in [1.54, 1.807) is 28.8 Å². The smallest absolute Gasteiger partial charge is 0.244 e. The minimum Gasteiger partial charge on any atom is -0.337 e. The highest BCUT2D eigenvalue weighted by atomic mass is 35.5. The molecule has 160 valence electrons. The molecule has 0 saturated heterocycles. The van der Waals surface area contributed by atoms with Crippen LogP contribution in [0, 0.1) is 0 Å². The average molecular weight is 446 g/mol. The Bertz CT molecular complexity index is 1380. The highest BCUT2D eigenvalue weighted by Gasteiger charge is 2.18. The van der Waals surface area contributed by atoms with Crippen LogP contribution in [0.3, 0.4) is 0 Å². The second kappa shape index (κ2) is 9.16. The second-order valence-corrected chi connectivity index (χ2v) is 7.76. The summed E-state index contributed by atoms with van der Waals surface area (Å²) in [5, 5.41) is 3.53. The van der Waals surface area contributed by atoms with Crippen molar-refractivity contribution in [3.05, 3.63) is 105 Å². The molecular formula is C25H20ClN3O3. The summed E-state index contributed by atoms with van der Waals surface area (Å²) in [4.78, 5) is 42.8. The van der Waals surface area contributed by atoms with E-state index >= 15 is 0 Å². The van der Waals surface area contributed by atoms with E-state index in [-0.39, 0.29) is 23.4 Å². The summed E-state index contributed by atoms with van der Waals surface area (Å²) in [6.45, 7) is 1.96. The van der Waals surface area contributed by atoms with Crippen LogP contribution in [-0.2, 0) is 17.8 Å². The Morgan fingerprint density at radius 2 is 1.84 bits per heavy atom. The van der Waals surface area contributed by atoms with Crippen LogP contribution in [0.25, 0.3) is 10.9 Å². The zero-order valence-corrected chi connectivity index (χ0v) is 18.1. The molecule has 32 heavy (non-hydrogen) atoms. The average Bonchev–Trinajstić information content (AvgIpc) is 2.81. The van der Waals surface area contributed by atoms with Crippen LogP contribution >= 0.6 is 11.6 Å². The number of halogens is 1. The van der Waals surface area contributed by atoms with Gasteiger partial charge in [0, 0.05) is 40.3 Å². The van der Waals surface area contributed by atoms with Gasteiger partial charge in [-0.2, -0.15) is 0 Å². The molecule has 0 fully saturated rings. The SMILES string of the molecule is CCc1cccc(NC(=O)Cn2cc(C(=O)c3ccncc3)c(=O)c3cc(Cl)ccc32)c1. The van der Waals surface area contributed by atoms with Gasteiger partial charge >= 0.3 is 0 Å². The Kier molecular flexibility index (Phi) is 6.14. The number of hydrogen-bond acceptors (Lipinski definition) is 4. The number of aryl methyl sites for hydroxylation is 1. The van der Waals surface area contributed by atoms with Crippen LogP contribution in [0.5, 0.6) is 0 Å². The highest BCUT2D eigenvalue weighted by Crippen LogP contribution is 2.19. The number of hydrogen-bond donors (Lipinski definition) is 1. The summed E-state index contributed by atoms with van der Waals surface area (Å²) < 4.78 is 1.60. The Balaban J connectivity index is 1.74. The quantitative estimate of drug-likeness (QED) is 0.443. The minimum atomic E-state index is -0.441. The lowest BCUT2D eigenvalue weighted by atomic mass is 10.0. The fourth-order valence-corrected chi connectivity index (χ4v) is 3.72. The maximum atomic E-state index is 13.1. The van der Waals surface area contributed by atoms with Crippen LogP contribution in [-0.4, -0.2) is 21.2 Å². The number of nitrogens with one attached hydrogen (secondary N) is 1. The molecule has 1 amide bonds. The van der Waals surface area contributed by atoms with Crippen molar-refractivity contribution in [1.29, 1.82) is 0 Å². The summed E-state index contributed by atoms with van der Waals surface area (Å²) in [5.74, 6) is -0.718. The third kappa shape index (κ3) is 4.45. The molecule has 7 heteroatoms. The van der Waals surface area contributed by atoms with Crippen molar-refractivity contribution in [3.63, 3.8) is 0 Å². The normalized spacial score (nSPS) is 10.8. The molecule has 0 radical (unpaired) electrons. The van der Waals surface area contributed by atoms with Gasteiger partial charge in [0.2, 0.25) is 11.3 Å². The van der Waals surface area contributed by atoms with Gasteiger partial charge in [-0.05, 0) is 54.4 Å². The van der Waals surface area contributed by atoms with Crippen molar-refractivity contribution in [2.45, 2.75) is 19.9 Å². The molecule has 0 atom stereocenters. The largest absolute Gasteiger partial charge is 0.337 e. The number of rotatable bonds is 6. The molecule has 4 rings (SSSR count). The van der Waals surface area contributed by atoms with Crippen molar-refractivity contribution in [1.82, 2.24) is 9.55 Å². The molecule has 2 heterocycles. The Morgan fingerprint density at radius 3 is 2.59 bits per heavy atom. The number of nitrogens with zero attached hydrogens (tertiary/aromatic N) is 2. The van der Waals surface area contributed by atoms with Crippen molar-refractivity contribution < 1.29 is 9.59 Å². The van der Waals surface area contributed by atoms with Gasteiger partial charge in [-0.25, -0.2) is 0 Å². The highest BCUT2D eigenvalue weighted by molar-refractivity contribution is 6.31. The van der Waals surface area contributed by atoms with E-state index in [0.29, 0.717) is 21.8 Å². The first kappa shape index (κ1) is 21.5. The van der Waals surface area contributed by atoms with Crippen LogP contribution < -0.4 is 10.7 Å². The summed E-state index contributed by atoms with van der Waals surface area (Å²) in [5.41, 5.74) is 2.18. The van der Waals surface area contributed by atoms with Gasteiger partial charge in [0.1, 0.15) is 6.54 Å². The third-order valence-electron chi connectivity index (χ3n) is 5.16. The lowest BCUT2D eigenvalue weighted by Gasteiger charge is -2.14. The lowest BCUT2D eigenvalue weighted by Crippen LogP contribution is -2.24. The molecular weight excluding hydrogens is 426 g/mol. The fraction of sp³-hybridized carbons (Fsp3) is 0.120. The molecule has 2 aromatic heterocycles. The fourth-order valence-electron chi connectivity index (χ4n) is 3.55. The Hall–Kier alpha value is -3.77. The molecule has 0 unspecified atom stereocenters. The van der Waals surface area contributed by atoms with E-state index < -0.39 is 11.2 Å². The number of carbonyl (C=O) groups is 2. The first-order valence-corrected chi connectivity index (χ1v) is 10.5. The van der Waals surface area contributed by atoms with Gasteiger partial charge in [0.25, 0.3) is 0 Å². The summed E-state index contributed by atoms with van der Waals surface area (Å²) in [6, 6.07) is 15.5. The molecule has 2 aromatic carbocycles. The van der Waals surface area contributed by atoms with Gasteiger partial charge in [-0.15, -0.1) is 0 Å². The summed E-state index contributed by atoms with van der Waals surface area (Å²) >= 11 is 6.11. The minimum absolute atomic E-state index is 0.0354. The van der Waals surface area contributed by atoms with Crippen molar-refractivity contribution in [3.8, 4) is 0 Å². The van der Waals surface area contributed by atoms with Gasteiger partial charge in [0.05, 0.1) is 11.1 Å². The summed E-state index contributed by atoms with van der Waals surface area (Å²) in [7, 11) is 0. The predicted octanol–water partition coefficient (Wildman–Crippen LogP) is 4.48. The van der Waals surface area contributed by atoms with E-state index in [9.17, 15) is 14.4 Å². The Morgan fingerprint density at radius 1 is 1.06 bits per heavy atom. The molecule has 6 nitrogen and oxygen atoms in total. The number of benzene rings is 2. The number of pyridine rings is 2. The maximum Gasteiger partial charge on any atom is 0.244 e. The predicted molar refractivity (Wildman–Crippen MR) is 125 cm³/mol. The monoisotopic (exact) mass is 445 g/mol. The van der Waals surface area contributed by atoms with E-state index in [1.165, 1.54) is 24.7 Å². The van der Waals surface area contributed by atoms with E-state index in [4.69, 9.17) is 11.6 Å². The molecule has 4 aromatic rings. The van der Waals surface area contributed by atoms with Crippen LogP contribution in [0.4, 0.5) is 5.69 Å². The Labute approximate surface area is 189 Å². The number of fused-ring (bicyclic) bond motifs is 1. The molecule has 0 aliphatic carbocycles. The molecule has 1 N–H and O–H groups in total. The zero-order valence-electron chi connectivity index (χ0n) is 17.3. The molecule has 0 aliphatic rings. The van der Waals surface area contributed by atoms with Gasteiger partial charge in [-0.1, -0.05) is 30.7 Å². The van der Waals surface area contributed by atoms with E-state index in [0.717, 1.165) is 12.0 Å². The van der Waals surface area contributed by atoms with E-state index in [1.807, 2.05) is 31.2 Å². The van der Waals surface area contributed by atoms with Gasteiger partial charge < -0.3 is 9.88 Å². The van der Waals surface area contributed by atoms with Crippen molar-refractivity contribution in [2.24, 2.45) is 0 Å². The molecule has 0 bridgehead atoms. The zero-order chi connectivity index (χ0) is 22.7. The van der Waals surface area contributed by atoms with Crippen molar-refractivity contribution in [2.75, 3.05) is 5.32 Å². The number of aromatic nitrogens is 2. The van der Waals surface area contributed by atoms with Crippen LogP contribution in [0.15, 0.2) is 78.0 Å². The number of amides is 1. The standard InChI is InChI=1S/C25H20ClN3O3/c1-2-16-4-3-5-19(12-16)28-23(30)15-29-14-21(24(31)17-8-10-27-11-9-17)25(32)20-13-18(26)6-7-22(20)29/h3-14H,2,15H2,1H3,(H,28,30). The topological polar surface area (TPSA) is 81.1 Å². The number of ketones is 1. The number of carbonyl (C=O) groups excluding carboxylic acids is 2. The molecule has 0 spiro atoms. The molecule has 0 saturated carbocycles. The first-order chi connectivity index (χ1) is 15.5. The van der Waals surface area contributed by atoms with Gasteiger partial charge in [0.15, 0.2) is 5.78 Å². The summed E-state index contributed by atoms with van der Waals surface area (Å²) in [6.07, 6.45) is 5.27. The van der Waals surface area contributed by atoms with Crippen LogP contribution in [0.2, 0.25) is 5.02 Å². The first-order valence-electron chi connectivity index (χ1n) is 10.1. The van der Waals surface area contributed by atoms with E-state index in [2.05, 4.69) is 10.3 Å². The third-order valence-corrected chi connectivity index (χ3v) is 5.40. The second-order valence-electron chi connectivity index (χ2n) is 7.33. The van der Waals surface area contributed by atoms with Gasteiger partial charge in [-0.3, -0.25) is 19.4 Å². The maximum absolute atomic E-state index is 13.1. The lowest BCUT2D eigenvalue weighted by molar-refractivity contribution is -0.116. The molecule has 0 aliphatic heterocycles. The van der Waals surface area contributed by atoms with Crippen molar-refractivity contribution >= 4 is 39.9 Å². The number of anilines is 1. The van der Waals surface area contributed by atoms with Crippen LogP contribution in [0.1, 0.15) is 28.4 Å².